The third-order valence-electron chi connectivity index (χ3n) is 2.80. The van der Waals surface area contributed by atoms with Crippen LogP contribution in [0, 0.1) is 0 Å². The van der Waals surface area contributed by atoms with Gasteiger partial charge in [0.2, 0.25) is 0 Å². The summed E-state index contributed by atoms with van der Waals surface area (Å²) in [6.07, 6.45) is 0.0689. The van der Waals surface area contributed by atoms with Crippen LogP contribution in [-0.4, -0.2) is 19.1 Å². The summed E-state index contributed by atoms with van der Waals surface area (Å²) >= 11 is 0. The summed E-state index contributed by atoms with van der Waals surface area (Å²) in [5.41, 5.74) is 3.38. The Kier molecular flexibility index (Phi) is 5.50. The molecular weight excluding hydrogens is 284 g/mol. The molecule has 0 fully saturated rings. The number of hydrogen-bond donors (Lipinski definition) is 1. The van der Waals surface area contributed by atoms with Gasteiger partial charge in [0.1, 0.15) is 0 Å². The second-order valence-electron chi connectivity index (χ2n) is 4.36. The quantitative estimate of drug-likeness (QED) is 0.881. The zero-order chi connectivity index (χ0) is 15.8. The molecule has 0 saturated heterocycles. The molecule has 0 aliphatic heterocycles. The Balaban J connectivity index is 1.87. The van der Waals surface area contributed by atoms with Gasteiger partial charge in [-0.15, -0.1) is 0 Å². The van der Waals surface area contributed by atoms with Gasteiger partial charge in [-0.25, -0.2) is 9.59 Å². The molecule has 0 aliphatic carbocycles. The summed E-state index contributed by atoms with van der Waals surface area (Å²) in [4.78, 5) is 33.3. The Hall–Kier alpha value is -2.86. The first-order valence-corrected chi connectivity index (χ1v) is 6.63. The van der Waals surface area contributed by atoms with Crippen molar-refractivity contribution in [3.05, 3.63) is 66.2 Å². The van der Waals surface area contributed by atoms with Crippen molar-refractivity contribution in [2.75, 3.05) is 12.2 Å². The maximum absolute atomic E-state index is 11.9. The van der Waals surface area contributed by atoms with Crippen LogP contribution >= 0.6 is 0 Å². The number of carbonyl (C=O) groups excluding carboxylic acids is 2. The molecule has 0 aliphatic rings. The monoisotopic (exact) mass is 300 g/mol. The summed E-state index contributed by atoms with van der Waals surface area (Å²) in [6, 6.07) is 17.1. The molecule has 2 aromatic carbocycles. The van der Waals surface area contributed by atoms with Gasteiger partial charge in [0.05, 0.1) is 19.2 Å². The van der Waals surface area contributed by atoms with E-state index in [2.05, 4.69) is 5.48 Å². The average molecular weight is 300 g/mol. The largest absolute Gasteiger partial charge is 0.379 e. The van der Waals surface area contributed by atoms with E-state index in [1.54, 1.807) is 36.4 Å². The van der Waals surface area contributed by atoms with Gasteiger partial charge < -0.3 is 4.84 Å². The predicted molar refractivity (Wildman–Crippen MR) is 80.7 cm³/mol. The Morgan fingerprint density at radius 1 is 1.00 bits per heavy atom. The van der Waals surface area contributed by atoms with E-state index in [1.807, 2.05) is 24.3 Å². The zero-order valence-electron chi connectivity index (χ0n) is 12.1. The van der Waals surface area contributed by atoms with Gasteiger partial charge in [-0.3, -0.25) is 4.84 Å². The topological polar surface area (TPSA) is 67.9 Å². The fraction of sp³-hybridized carbons (Fsp3) is 0.125. The predicted octanol–water partition coefficient (Wildman–Crippen LogP) is 2.46. The molecule has 0 radical (unpaired) electrons. The molecule has 1 N–H and O–H groups in total. The first-order valence-electron chi connectivity index (χ1n) is 6.63. The van der Waals surface area contributed by atoms with Gasteiger partial charge in [0, 0.05) is 0 Å². The smallest absolute Gasteiger partial charge is 0.339 e. The highest BCUT2D eigenvalue weighted by molar-refractivity contribution is 5.90. The molecule has 2 amide bonds. The minimum absolute atomic E-state index is 0.0689. The van der Waals surface area contributed by atoms with Crippen LogP contribution in [0.3, 0.4) is 0 Å². The molecular formula is C16H16N2O4. The van der Waals surface area contributed by atoms with Gasteiger partial charge >= 0.3 is 12.0 Å². The highest BCUT2D eigenvalue weighted by Gasteiger charge is 2.17. The van der Waals surface area contributed by atoms with Crippen LogP contribution in [-0.2, 0) is 20.9 Å². The second kappa shape index (κ2) is 7.80. The SMILES string of the molecule is CON(C(=O)NOC(=O)Cc1ccccc1)c1ccccc1. The van der Waals surface area contributed by atoms with E-state index in [0.717, 1.165) is 10.6 Å². The van der Waals surface area contributed by atoms with Crippen LogP contribution in [0.5, 0.6) is 0 Å². The molecule has 0 saturated carbocycles. The van der Waals surface area contributed by atoms with Crippen LogP contribution in [0.25, 0.3) is 0 Å². The Morgan fingerprint density at radius 2 is 1.59 bits per heavy atom. The number of nitrogens with zero attached hydrogens (tertiary/aromatic N) is 1. The lowest BCUT2D eigenvalue weighted by Gasteiger charge is -2.19. The maximum atomic E-state index is 11.9. The number of carbonyl (C=O) groups is 2. The Morgan fingerprint density at radius 3 is 2.18 bits per heavy atom. The third kappa shape index (κ3) is 4.32. The van der Waals surface area contributed by atoms with E-state index >= 15 is 0 Å². The molecule has 22 heavy (non-hydrogen) atoms. The number of urea groups is 1. The first kappa shape index (κ1) is 15.5. The molecule has 2 rings (SSSR count). The highest BCUT2D eigenvalue weighted by atomic mass is 16.7. The van der Waals surface area contributed by atoms with Crippen LogP contribution in [0.4, 0.5) is 10.5 Å². The third-order valence-corrected chi connectivity index (χ3v) is 2.80. The maximum Gasteiger partial charge on any atom is 0.379 e. The lowest BCUT2D eigenvalue weighted by Crippen LogP contribution is -2.40. The summed E-state index contributed by atoms with van der Waals surface area (Å²) in [5, 5.41) is 0.982. The van der Waals surface area contributed by atoms with Crippen molar-refractivity contribution in [2.45, 2.75) is 6.42 Å². The fourth-order valence-corrected chi connectivity index (χ4v) is 1.81. The number of benzene rings is 2. The van der Waals surface area contributed by atoms with Crippen molar-refractivity contribution in [1.82, 2.24) is 5.48 Å². The number of amides is 2. The number of nitrogens with one attached hydrogen (secondary N) is 1. The van der Waals surface area contributed by atoms with E-state index in [9.17, 15) is 9.59 Å². The minimum atomic E-state index is -0.699. The number of hydroxylamine groups is 2. The second-order valence-corrected chi connectivity index (χ2v) is 4.36. The van der Waals surface area contributed by atoms with Crippen LogP contribution in [0.1, 0.15) is 5.56 Å². The average Bonchev–Trinajstić information content (AvgIpc) is 2.55. The first-order chi connectivity index (χ1) is 10.7. The fourth-order valence-electron chi connectivity index (χ4n) is 1.81. The van der Waals surface area contributed by atoms with E-state index < -0.39 is 12.0 Å². The molecule has 0 unspecified atom stereocenters. The highest BCUT2D eigenvalue weighted by Crippen LogP contribution is 2.13. The van der Waals surface area contributed by atoms with E-state index in [4.69, 9.17) is 9.68 Å². The number of para-hydroxylation sites is 1. The molecule has 0 spiro atoms. The Bertz CT molecular complexity index is 617. The van der Waals surface area contributed by atoms with E-state index in [0.29, 0.717) is 5.69 Å². The molecule has 0 heterocycles. The van der Waals surface area contributed by atoms with Gasteiger partial charge in [-0.1, -0.05) is 48.5 Å². The lowest BCUT2D eigenvalue weighted by atomic mass is 10.2. The van der Waals surface area contributed by atoms with Crippen molar-refractivity contribution in [1.29, 1.82) is 0 Å². The summed E-state index contributed by atoms with van der Waals surface area (Å²) < 4.78 is 0. The molecule has 0 bridgehead atoms. The lowest BCUT2D eigenvalue weighted by molar-refractivity contribution is -0.147. The molecule has 0 aromatic heterocycles. The summed E-state index contributed by atoms with van der Waals surface area (Å²) in [6.45, 7) is 0. The van der Waals surface area contributed by atoms with E-state index in [1.165, 1.54) is 7.11 Å². The van der Waals surface area contributed by atoms with Crippen molar-refractivity contribution >= 4 is 17.7 Å². The zero-order valence-corrected chi connectivity index (χ0v) is 12.1. The molecule has 6 nitrogen and oxygen atoms in total. The number of rotatable bonds is 4. The summed E-state index contributed by atoms with van der Waals surface area (Å²) in [5.74, 6) is -0.566. The van der Waals surface area contributed by atoms with Crippen LogP contribution in [0.2, 0.25) is 0 Å². The van der Waals surface area contributed by atoms with Crippen molar-refractivity contribution in [3.8, 4) is 0 Å². The van der Waals surface area contributed by atoms with Crippen LogP contribution in [0.15, 0.2) is 60.7 Å². The molecule has 6 heteroatoms. The molecule has 0 atom stereocenters. The Labute approximate surface area is 128 Å². The van der Waals surface area contributed by atoms with E-state index in [-0.39, 0.29) is 6.42 Å². The number of anilines is 1. The van der Waals surface area contributed by atoms with Gasteiger partial charge in [0.25, 0.3) is 0 Å². The van der Waals surface area contributed by atoms with Gasteiger partial charge in [-0.05, 0) is 17.7 Å². The normalized spacial score (nSPS) is 9.86. The standard InChI is InChI=1S/C16H16N2O4/c1-21-18(14-10-6-3-7-11-14)16(20)17-22-15(19)12-13-8-4-2-5-9-13/h2-11H,12H2,1H3,(H,17,20). The van der Waals surface area contributed by atoms with Crippen molar-refractivity contribution in [2.24, 2.45) is 0 Å². The van der Waals surface area contributed by atoms with Crippen molar-refractivity contribution < 1.29 is 19.3 Å². The van der Waals surface area contributed by atoms with Gasteiger partial charge in [-0.2, -0.15) is 10.5 Å². The number of hydrogen-bond acceptors (Lipinski definition) is 4. The van der Waals surface area contributed by atoms with Crippen molar-refractivity contribution in [3.63, 3.8) is 0 Å². The minimum Gasteiger partial charge on any atom is -0.339 e. The molecule has 2 aromatic rings. The molecule has 114 valence electrons. The van der Waals surface area contributed by atoms with Gasteiger partial charge in [0.15, 0.2) is 0 Å². The van der Waals surface area contributed by atoms with Crippen LogP contribution < -0.4 is 10.5 Å². The summed E-state index contributed by atoms with van der Waals surface area (Å²) in [7, 11) is 1.35.